The van der Waals surface area contributed by atoms with Gasteiger partial charge in [0.05, 0.1) is 0 Å². The molecule has 12 rings (SSSR count). The highest BCUT2D eigenvalue weighted by Gasteiger charge is 2.21. The molecule has 0 saturated heterocycles. The summed E-state index contributed by atoms with van der Waals surface area (Å²) >= 11 is 0. The molecule has 0 atom stereocenters. The van der Waals surface area contributed by atoms with Gasteiger partial charge in [0.15, 0.2) is 0 Å². The maximum Gasteiger partial charge on any atom is 0.0458 e. The predicted molar refractivity (Wildman–Crippen MR) is 364 cm³/mol. The second kappa shape index (κ2) is 23.4. The maximum absolute atomic E-state index is 3.60. The zero-order chi connectivity index (χ0) is 58.9. The molecule has 12 aromatic carbocycles. The summed E-state index contributed by atoms with van der Waals surface area (Å²) in [7, 11) is 0. The molecule has 2 nitrogen and oxygen atoms in total. The largest absolute Gasteiger partial charge is 0.372 e. The van der Waals surface area contributed by atoms with Gasteiger partial charge in [-0.1, -0.05) is 198 Å². The standard InChI is InChI=1S/C45H45N.C37H29N/c1-10-46(11-2)41-29-34(19-13-32-16-22-36(23-17-32)45(7,8)9)39-25-24-37-30(3)28-33(38-26-27-40(41)43(39)42(37)38)18-12-31-14-20-35(21-15-31)44(4,5)6;1-4-38(5-2)35-25-30(19-17-28-14-10-7-11-15-28)33-21-20-31-26(3)24-29(18-16-27-12-8-6-9-13-27)32-22-23-34(35)37(33)36(31)32/h14-17,20-29H,10-11H2,1-9H3;6-15,20-25H,4-5H2,1-3H3. The summed E-state index contributed by atoms with van der Waals surface area (Å²) in [5.41, 5.74) is 16.3. The quantitative estimate of drug-likeness (QED) is 0.121. The van der Waals surface area contributed by atoms with Crippen molar-refractivity contribution in [2.24, 2.45) is 0 Å². The van der Waals surface area contributed by atoms with E-state index in [-0.39, 0.29) is 10.8 Å². The molecule has 0 amide bonds. The molecule has 84 heavy (non-hydrogen) atoms. The molecule has 0 fully saturated rings. The topological polar surface area (TPSA) is 6.48 Å². The first-order chi connectivity index (χ1) is 40.6. The van der Waals surface area contributed by atoms with Crippen molar-refractivity contribution in [3.05, 3.63) is 249 Å². The normalized spacial score (nSPS) is 11.4. The lowest BCUT2D eigenvalue weighted by Gasteiger charge is -2.25. The minimum absolute atomic E-state index is 0.120. The van der Waals surface area contributed by atoms with Crippen LogP contribution < -0.4 is 9.80 Å². The first-order valence-electron chi connectivity index (χ1n) is 30.0. The molecule has 0 aliphatic carbocycles. The van der Waals surface area contributed by atoms with Gasteiger partial charge in [0.25, 0.3) is 0 Å². The zero-order valence-corrected chi connectivity index (χ0v) is 51.0. The highest BCUT2D eigenvalue weighted by atomic mass is 15.1. The Kier molecular flexibility index (Phi) is 15.7. The first-order valence-corrected chi connectivity index (χ1v) is 30.0. The Morgan fingerprint density at radius 1 is 0.286 bits per heavy atom. The summed E-state index contributed by atoms with van der Waals surface area (Å²) < 4.78 is 0. The van der Waals surface area contributed by atoms with E-state index in [0.717, 1.165) is 70.7 Å². The second-order valence-electron chi connectivity index (χ2n) is 24.2. The van der Waals surface area contributed by atoms with Crippen LogP contribution in [-0.2, 0) is 10.8 Å². The number of hydrogen-bond donors (Lipinski definition) is 0. The van der Waals surface area contributed by atoms with Crippen LogP contribution in [0.4, 0.5) is 11.4 Å². The van der Waals surface area contributed by atoms with E-state index in [2.05, 4.69) is 286 Å². The van der Waals surface area contributed by atoms with Crippen molar-refractivity contribution >= 4 is 76.0 Å². The zero-order valence-electron chi connectivity index (χ0n) is 51.0. The van der Waals surface area contributed by atoms with Crippen molar-refractivity contribution in [2.75, 3.05) is 36.0 Å². The summed E-state index contributed by atoms with van der Waals surface area (Å²) in [6, 6.07) is 65.2. The molecule has 0 radical (unpaired) electrons. The Morgan fingerprint density at radius 2 is 0.548 bits per heavy atom. The van der Waals surface area contributed by atoms with E-state index in [4.69, 9.17) is 0 Å². The van der Waals surface area contributed by atoms with Gasteiger partial charge in [-0.15, -0.1) is 0 Å². The maximum atomic E-state index is 3.60. The second-order valence-corrected chi connectivity index (χ2v) is 24.2. The van der Waals surface area contributed by atoms with Gasteiger partial charge in [0, 0.05) is 104 Å². The van der Waals surface area contributed by atoms with Crippen LogP contribution in [0.5, 0.6) is 0 Å². The van der Waals surface area contributed by atoms with Gasteiger partial charge in [-0.2, -0.15) is 0 Å². The number of anilines is 2. The average molecular weight is 1090 g/mol. The third-order valence-electron chi connectivity index (χ3n) is 16.8. The van der Waals surface area contributed by atoms with Crippen LogP contribution in [0.2, 0.25) is 0 Å². The van der Waals surface area contributed by atoms with Gasteiger partial charge >= 0.3 is 0 Å². The fourth-order valence-electron chi connectivity index (χ4n) is 12.1. The Bertz CT molecular complexity index is 4660. The number of aryl methyl sites for hydroxylation is 2. The summed E-state index contributed by atoms with van der Waals surface area (Å²) in [5.74, 6) is 27.9. The summed E-state index contributed by atoms with van der Waals surface area (Å²) in [6.07, 6.45) is 0. The summed E-state index contributed by atoms with van der Waals surface area (Å²) in [6.45, 7) is 30.5. The van der Waals surface area contributed by atoms with Crippen LogP contribution in [0.1, 0.15) is 136 Å². The fraction of sp³-hybridized carbons (Fsp3) is 0.220. The predicted octanol–water partition coefficient (Wildman–Crippen LogP) is 19.7. The molecule has 2 heteroatoms. The molecule has 0 aliphatic heterocycles. The minimum Gasteiger partial charge on any atom is -0.372 e. The molecule has 412 valence electrons. The highest BCUT2D eigenvalue weighted by molar-refractivity contribution is 6.29. The highest BCUT2D eigenvalue weighted by Crippen LogP contribution is 2.45. The number of nitrogens with zero attached hydrogens (tertiary/aromatic N) is 2. The lowest BCUT2D eigenvalue weighted by atomic mass is 9.86. The van der Waals surface area contributed by atoms with Gasteiger partial charge < -0.3 is 9.80 Å². The molecule has 0 aromatic heterocycles. The number of benzene rings is 12. The van der Waals surface area contributed by atoms with Gasteiger partial charge in [0.2, 0.25) is 0 Å². The summed E-state index contributed by atoms with van der Waals surface area (Å²) in [4.78, 5) is 4.88. The molecule has 0 heterocycles. The monoisotopic (exact) mass is 1090 g/mol. The van der Waals surface area contributed by atoms with Crippen molar-refractivity contribution in [1.29, 1.82) is 0 Å². The lowest BCUT2D eigenvalue weighted by Crippen LogP contribution is -2.22. The third kappa shape index (κ3) is 11.1. The molecule has 0 unspecified atom stereocenters. The molecule has 0 N–H and O–H groups in total. The smallest absolute Gasteiger partial charge is 0.0458 e. The molecule has 0 saturated carbocycles. The van der Waals surface area contributed by atoms with Gasteiger partial charge in [-0.3, -0.25) is 0 Å². The van der Waals surface area contributed by atoms with Crippen LogP contribution in [0.25, 0.3) is 64.6 Å². The fourth-order valence-corrected chi connectivity index (χ4v) is 12.1. The van der Waals surface area contributed by atoms with Crippen LogP contribution in [0, 0.1) is 61.2 Å². The Morgan fingerprint density at radius 3 is 0.845 bits per heavy atom. The van der Waals surface area contributed by atoms with Gasteiger partial charge in [-0.25, -0.2) is 0 Å². The van der Waals surface area contributed by atoms with Gasteiger partial charge in [0.1, 0.15) is 0 Å². The SMILES string of the molecule is CCN(CC)c1cc(C#Cc2ccc(C(C)(C)C)cc2)c2ccc3c(C)cc(C#Cc4ccc(C(C)(C)C)cc4)c4ccc1c2c34.CCN(CC)c1cc(C#Cc2ccccc2)c2ccc3c(C)cc(C#Cc4ccccc4)c4ccc1c2c34. The molecule has 0 aliphatic rings. The van der Waals surface area contributed by atoms with Crippen LogP contribution >= 0.6 is 0 Å². The summed E-state index contributed by atoms with van der Waals surface area (Å²) in [5, 5.41) is 15.1. The Hall–Kier alpha value is -9.44. The average Bonchev–Trinajstić information content (AvgIpc) is 1.15. The number of hydrogen-bond acceptors (Lipinski definition) is 2. The van der Waals surface area contributed by atoms with Crippen molar-refractivity contribution in [3.63, 3.8) is 0 Å². The molecule has 0 bridgehead atoms. The van der Waals surface area contributed by atoms with E-state index in [1.54, 1.807) is 0 Å². The Labute approximate surface area is 499 Å². The van der Waals surface area contributed by atoms with Crippen LogP contribution in [0.15, 0.2) is 182 Å². The van der Waals surface area contributed by atoms with Crippen LogP contribution in [-0.4, -0.2) is 26.2 Å². The molecular formula is C82H74N2. The van der Waals surface area contributed by atoms with Crippen molar-refractivity contribution in [1.82, 2.24) is 0 Å². The minimum atomic E-state index is 0.120. The lowest BCUT2D eigenvalue weighted by molar-refractivity contribution is 0.590. The van der Waals surface area contributed by atoms with E-state index in [9.17, 15) is 0 Å². The van der Waals surface area contributed by atoms with E-state index in [1.807, 2.05) is 36.4 Å². The number of rotatable bonds is 6. The van der Waals surface area contributed by atoms with Crippen molar-refractivity contribution in [3.8, 4) is 47.4 Å². The van der Waals surface area contributed by atoms with Crippen LogP contribution in [0.3, 0.4) is 0 Å². The molecular weight excluding hydrogens is 1010 g/mol. The van der Waals surface area contributed by atoms with Crippen molar-refractivity contribution in [2.45, 2.75) is 93.9 Å². The van der Waals surface area contributed by atoms with E-state index < -0.39 is 0 Å². The third-order valence-corrected chi connectivity index (χ3v) is 16.8. The molecule has 0 spiro atoms. The van der Waals surface area contributed by atoms with Gasteiger partial charge in [-0.05, 0) is 191 Å². The first kappa shape index (κ1) is 56.4. The Balaban J connectivity index is 0.000000178. The molecule has 12 aromatic rings. The van der Waals surface area contributed by atoms with E-state index in [1.165, 1.54) is 98.3 Å². The van der Waals surface area contributed by atoms with E-state index >= 15 is 0 Å². The van der Waals surface area contributed by atoms with E-state index in [0.29, 0.717) is 0 Å². The van der Waals surface area contributed by atoms with Crippen molar-refractivity contribution < 1.29 is 0 Å².